The van der Waals surface area contributed by atoms with Crippen LogP contribution in [0.2, 0.25) is 0 Å². The van der Waals surface area contributed by atoms with Gasteiger partial charge in [-0.25, -0.2) is 0 Å². The highest BCUT2D eigenvalue weighted by molar-refractivity contribution is 6.20. The number of fused-ring (bicyclic) bond motifs is 1. The van der Waals surface area contributed by atoms with Crippen molar-refractivity contribution in [2.75, 3.05) is 11.9 Å². The smallest absolute Gasteiger partial charge is 0.303 e. The van der Waals surface area contributed by atoms with Gasteiger partial charge in [-0.3, -0.25) is 9.59 Å². The average molecular weight is 284 g/mol. The topological polar surface area (TPSA) is 75.6 Å². The van der Waals surface area contributed by atoms with E-state index in [-0.39, 0.29) is 24.3 Å². The second kappa shape index (κ2) is 5.93. The van der Waals surface area contributed by atoms with Gasteiger partial charge in [0.15, 0.2) is 6.61 Å². The highest BCUT2D eigenvalue weighted by Gasteiger charge is 2.18. The molecule has 2 N–H and O–H groups in total. The second-order valence-corrected chi connectivity index (χ2v) is 4.87. The van der Waals surface area contributed by atoms with Gasteiger partial charge in [-0.1, -0.05) is 6.07 Å². The number of rotatable bonds is 5. The van der Waals surface area contributed by atoms with Gasteiger partial charge in [-0.05, 0) is 30.5 Å². The van der Waals surface area contributed by atoms with Gasteiger partial charge in [0.05, 0.1) is 11.1 Å². The predicted octanol–water partition coefficient (Wildman–Crippen LogP) is 2.55. The van der Waals surface area contributed by atoms with Crippen molar-refractivity contribution in [1.29, 1.82) is 0 Å². The maximum atomic E-state index is 11.2. The SMILES string of the molecule is O=C(O)CCCC(Cl)c1ccc2c(c1)NC(=O)CO2. The monoisotopic (exact) mass is 283 g/mol. The Hall–Kier alpha value is -1.75. The van der Waals surface area contributed by atoms with Crippen LogP contribution in [0.15, 0.2) is 18.2 Å². The summed E-state index contributed by atoms with van der Waals surface area (Å²) in [5.74, 6) is -0.394. The highest BCUT2D eigenvalue weighted by Crippen LogP contribution is 2.34. The van der Waals surface area contributed by atoms with E-state index in [1.807, 2.05) is 6.07 Å². The van der Waals surface area contributed by atoms with Crippen molar-refractivity contribution in [3.8, 4) is 5.75 Å². The van der Waals surface area contributed by atoms with Crippen molar-refractivity contribution in [2.24, 2.45) is 0 Å². The molecule has 0 saturated carbocycles. The van der Waals surface area contributed by atoms with Crippen molar-refractivity contribution >= 4 is 29.2 Å². The first-order valence-corrected chi connectivity index (χ1v) is 6.42. The fourth-order valence-corrected chi connectivity index (χ4v) is 2.18. The molecule has 0 fully saturated rings. The first-order valence-electron chi connectivity index (χ1n) is 5.98. The number of nitrogens with one attached hydrogen (secondary N) is 1. The maximum absolute atomic E-state index is 11.2. The van der Waals surface area contributed by atoms with E-state index >= 15 is 0 Å². The second-order valence-electron chi connectivity index (χ2n) is 4.35. The molecule has 0 saturated heterocycles. The first-order chi connectivity index (χ1) is 9.06. The van der Waals surface area contributed by atoms with Crippen molar-refractivity contribution < 1.29 is 19.4 Å². The van der Waals surface area contributed by atoms with Crippen LogP contribution in [-0.2, 0) is 9.59 Å². The summed E-state index contributed by atoms with van der Waals surface area (Å²) >= 11 is 6.22. The molecule has 1 aromatic carbocycles. The number of carboxylic acids is 1. The van der Waals surface area contributed by atoms with Crippen LogP contribution in [-0.4, -0.2) is 23.6 Å². The molecule has 1 atom stereocenters. The van der Waals surface area contributed by atoms with Crippen LogP contribution < -0.4 is 10.1 Å². The molecule has 1 aliphatic rings. The molecule has 2 rings (SSSR count). The van der Waals surface area contributed by atoms with Crippen LogP contribution in [0.4, 0.5) is 5.69 Å². The average Bonchev–Trinajstić information content (AvgIpc) is 2.37. The maximum Gasteiger partial charge on any atom is 0.303 e. The van der Waals surface area contributed by atoms with Gasteiger partial charge in [0.25, 0.3) is 5.91 Å². The third kappa shape index (κ3) is 3.61. The molecule has 1 heterocycles. The Bertz CT molecular complexity index is 503. The van der Waals surface area contributed by atoms with E-state index in [0.29, 0.717) is 24.3 Å². The number of halogens is 1. The van der Waals surface area contributed by atoms with Crippen LogP contribution in [0.3, 0.4) is 0 Å². The van der Waals surface area contributed by atoms with Gasteiger partial charge in [-0.15, -0.1) is 11.6 Å². The van der Waals surface area contributed by atoms with Gasteiger partial charge >= 0.3 is 5.97 Å². The first kappa shape index (κ1) is 13.7. The van der Waals surface area contributed by atoms with Crippen LogP contribution in [0.5, 0.6) is 5.75 Å². The Balaban J connectivity index is 2.02. The molecule has 1 unspecified atom stereocenters. The summed E-state index contributed by atoms with van der Waals surface area (Å²) in [6.07, 6.45) is 1.19. The fraction of sp³-hybridized carbons (Fsp3) is 0.385. The zero-order valence-corrected chi connectivity index (χ0v) is 10.9. The van der Waals surface area contributed by atoms with Crippen molar-refractivity contribution in [1.82, 2.24) is 0 Å². The zero-order chi connectivity index (χ0) is 13.8. The number of hydrogen-bond donors (Lipinski definition) is 2. The molecule has 5 nitrogen and oxygen atoms in total. The molecule has 1 aromatic rings. The number of benzene rings is 1. The molecule has 0 radical (unpaired) electrons. The van der Waals surface area contributed by atoms with Gasteiger partial charge in [-0.2, -0.15) is 0 Å². The molecular weight excluding hydrogens is 270 g/mol. The van der Waals surface area contributed by atoms with Crippen LogP contribution in [0.25, 0.3) is 0 Å². The molecule has 6 heteroatoms. The quantitative estimate of drug-likeness (QED) is 0.814. The number of alkyl halides is 1. The third-order valence-corrected chi connectivity index (χ3v) is 3.32. The predicted molar refractivity (Wildman–Crippen MR) is 70.6 cm³/mol. The minimum absolute atomic E-state index is 0.0231. The lowest BCUT2D eigenvalue weighted by atomic mass is 10.0. The molecule has 1 amide bonds. The number of carboxylic acid groups (broad SMARTS) is 1. The van der Waals surface area contributed by atoms with Crippen molar-refractivity contribution in [3.05, 3.63) is 23.8 Å². The van der Waals surface area contributed by atoms with Gasteiger partial charge in [0.2, 0.25) is 0 Å². The van der Waals surface area contributed by atoms with Gasteiger partial charge < -0.3 is 15.2 Å². The van der Waals surface area contributed by atoms with E-state index < -0.39 is 5.97 Å². The van der Waals surface area contributed by atoms with Gasteiger partial charge in [0.1, 0.15) is 5.75 Å². The number of carbonyl (C=O) groups is 2. The van der Waals surface area contributed by atoms with Gasteiger partial charge in [0, 0.05) is 6.42 Å². The Morgan fingerprint density at radius 3 is 3.05 bits per heavy atom. The van der Waals surface area contributed by atoms with E-state index in [4.69, 9.17) is 21.4 Å². The number of anilines is 1. The van der Waals surface area contributed by atoms with E-state index in [2.05, 4.69) is 5.32 Å². The van der Waals surface area contributed by atoms with Crippen molar-refractivity contribution in [3.63, 3.8) is 0 Å². The molecule has 0 spiro atoms. The van der Waals surface area contributed by atoms with E-state index in [9.17, 15) is 9.59 Å². The summed E-state index contributed by atoms with van der Waals surface area (Å²) in [4.78, 5) is 21.7. The molecule has 0 aromatic heterocycles. The summed E-state index contributed by atoms with van der Waals surface area (Å²) in [7, 11) is 0. The fourth-order valence-electron chi connectivity index (χ4n) is 1.89. The van der Waals surface area contributed by atoms with E-state index in [1.165, 1.54) is 0 Å². The van der Waals surface area contributed by atoms with Crippen LogP contribution in [0, 0.1) is 0 Å². The summed E-state index contributed by atoms with van der Waals surface area (Å²) in [5.41, 5.74) is 1.45. The van der Waals surface area contributed by atoms with Crippen LogP contribution in [0.1, 0.15) is 30.2 Å². The number of aliphatic carboxylic acids is 1. The number of carbonyl (C=O) groups excluding carboxylic acids is 1. The molecule has 1 aliphatic heterocycles. The lowest BCUT2D eigenvalue weighted by Crippen LogP contribution is -2.25. The Kier molecular flexibility index (Phi) is 4.27. The minimum atomic E-state index is -0.824. The Morgan fingerprint density at radius 1 is 1.53 bits per heavy atom. The standard InChI is InChI=1S/C13H14ClNO4/c14-9(2-1-3-13(17)18)8-4-5-11-10(6-8)15-12(16)7-19-11/h4-6,9H,1-3,7H2,(H,15,16)(H,17,18). The zero-order valence-electron chi connectivity index (χ0n) is 10.2. The Morgan fingerprint density at radius 2 is 2.32 bits per heavy atom. The third-order valence-electron chi connectivity index (χ3n) is 2.85. The van der Waals surface area contributed by atoms with E-state index in [1.54, 1.807) is 12.1 Å². The van der Waals surface area contributed by atoms with Crippen molar-refractivity contribution in [2.45, 2.75) is 24.6 Å². The Labute approximate surface area is 115 Å². The molecular formula is C13H14ClNO4. The largest absolute Gasteiger partial charge is 0.482 e. The summed E-state index contributed by atoms with van der Waals surface area (Å²) in [6.45, 7) is 0.0231. The minimum Gasteiger partial charge on any atom is -0.482 e. The molecule has 0 bridgehead atoms. The summed E-state index contributed by atoms with van der Waals surface area (Å²) in [5, 5.41) is 11.0. The number of hydrogen-bond acceptors (Lipinski definition) is 3. The number of ether oxygens (including phenoxy) is 1. The number of amides is 1. The molecule has 102 valence electrons. The molecule has 0 aliphatic carbocycles. The summed E-state index contributed by atoms with van der Waals surface area (Å²) in [6, 6.07) is 5.36. The summed E-state index contributed by atoms with van der Waals surface area (Å²) < 4.78 is 5.25. The lowest BCUT2D eigenvalue weighted by molar-refractivity contribution is -0.137. The van der Waals surface area contributed by atoms with Crippen LogP contribution >= 0.6 is 11.6 Å². The highest BCUT2D eigenvalue weighted by atomic mass is 35.5. The normalized spacial score (nSPS) is 15.1. The molecule has 19 heavy (non-hydrogen) atoms. The lowest BCUT2D eigenvalue weighted by Gasteiger charge is -2.19. The van der Waals surface area contributed by atoms with E-state index in [0.717, 1.165) is 5.56 Å².